The fraction of sp³-hybridized carbons (Fsp3) is 0.447. The number of nitrogens with zero attached hydrogens (tertiary/aromatic N) is 3. The van der Waals surface area contributed by atoms with Crippen LogP contribution in [-0.2, 0) is 49.3 Å². The first-order chi connectivity index (χ1) is 21.5. The van der Waals surface area contributed by atoms with Gasteiger partial charge in [-0.3, -0.25) is 9.59 Å². The summed E-state index contributed by atoms with van der Waals surface area (Å²) in [6.45, 7) is 11.6. The lowest BCUT2D eigenvalue weighted by Crippen LogP contribution is -2.35. The summed E-state index contributed by atoms with van der Waals surface area (Å²) in [5.41, 5.74) is 5.37. The molecule has 0 amide bonds. The third kappa shape index (κ3) is 6.99. The molecule has 5 rings (SSSR count). The summed E-state index contributed by atoms with van der Waals surface area (Å²) >= 11 is 0. The summed E-state index contributed by atoms with van der Waals surface area (Å²) in [5.74, 6) is 1.17. The van der Waals surface area contributed by atoms with Crippen LogP contribution in [0.5, 0.6) is 0 Å². The molecule has 4 aromatic rings. The molecule has 0 radical (unpaired) electrons. The highest BCUT2D eigenvalue weighted by molar-refractivity contribution is 5.82. The van der Waals surface area contributed by atoms with Crippen LogP contribution in [-0.4, -0.2) is 60.2 Å². The first kappa shape index (κ1) is 32.4. The van der Waals surface area contributed by atoms with Gasteiger partial charge in [0.25, 0.3) is 0 Å². The first-order valence-corrected chi connectivity index (χ1v) is 16.1. The van der Waals surface area contributed by atoms with E-state index in [4.69, 9.17) is 14.5 Å². The number of para-hydroxylation sites is 2. The van der Waals surface area contributed by atoms with E-state index in [2.05, 4.69) is 70.1 Å². The highest BCUT2D eigenvalue weighted by Gasteiger charge is 2.32. The zero-order valence-electron chi connectivity index (χ0n) is 27.6. The Kier molecular flexibility index (Phi) is 9.78. The second-order valence-corrected chi connectivity index (χ2v) is 13.4. The Morgan fingerprint density at radius 2 is 1.22 bits per heavy atom. The number of benzene rings is 3. The molecule has 238 valence electrons. The molecule has 7 heteroatoms. The van der Waals surface area contributed by atoms with Crippen LogP contribution >= 0.6 is 0 Å². The number of esters is 2. The molecule has 3 aromatic carbocycles. The summed E-state index contributed by atoms with van der Waals surface area (Å²) in [4.78, 5) is 32.1. The van der Waals surface area contributed by atoms with E-state index in [1.54, 1.807) is 0 Å². The number of likely N-dealkylation sites (tertiary alicyclic amines) is 1. The van der Waals surface area contributed by atoms with Crippen molar-refractivity contribution in [1.29, 1.82) is 0 Å². The molecule has 0 bridgehead atoms. The van der Waals surface area contributed by atoms with E-state index in [0.29, 0.717) is 5.92 Å². The minimum absolute atomic E-state index is 0.220. The molecular weight excluding hydrogens is 562 g/mol. The number of aromatic nitrogens is 2. The van der Waals surface area contributed by atoms with E-state index in [-0.39, 0.29) is 11.9 Å². The smallest absolute Gasteiger partial charge is 0.315 e. The van der Waals surface area contributed by atoms with Crippen LogP contribution in [0.25, 0.3) is 11.0 Å². The summed E-state index contributed by atoms with van der Waals surface area (Å²) in [6.07, 6.45) is 4.05. The molecule has 1 saturated heterocycles. The number of imidazole rings is 1. The van der Waals surface area contributed by atoms with Gasteiger partial charge in [-0.25, -0.2) is 4.98 Å². The maximum Gasteiger partial charge on any atom is 0.315 e. The lowest BCUT2D eigenvalue weighted by Gasteiger charge is -2.32. The highest BCUT2D eigenvalue weighted by atomic mass is 16.5. The van der Waals surface area contributed by atoms with E-state index in [1.165, 1.54) is 36.7 Å². The van der Waals surface area contributed by atoms with E-state index >= 15 is 0 Å². The number of hydrogen-bond acceptors (Lipinski definition) is 6. The monoisotopic (exact) mass is 609 g/mol. The van der Waals surface area contributed by atoms with Gasteiger partial charge in [-0.2, -0.15) is 0 Å². The summed E-state index contributed by atoms with van der Waals surface area (Å²) in [6, 6.07) is 25.2. The Hall–Kier alpha value is -3.97. The molecule has 0 aliphatic carbocycles. The molecule has 0 atom stereocenters. The number of ether oxygens (including phenoxy) is 2. The van der Waals surface area contributed by atoms with E-state index in [0.717, 1.165) is 68.5 Å². The van der Waals surface area contributed by atoms with Gasteiger partial charge in [0.05, 0.1) is 36.1 Å². The van der Waals surface area contributed by atoms with Crippen molar-refractivity contribution in [1.82, 2.24) is 14.5 Å². The van der Waals surface area contributed by atoms with E-state index in [1.807, 2.05) is 39.8 Å². The Morgan fingerprint density at radius 3 is 1.73 bits per heavy atom. The topological polar surface area (TPSA) is 73.7 Å². The van der Waals surface area contributed by atoms with Crippen molar-refractivity contribution in [3.63, 3.8) is 0 Å². The molecule has 0 N–H and O–H groups in total. The fourth-order valence-electron chi connectivity index (χ4n) is 6.51. The molecule has 0 saturated carbocycles. The third-order valence-corrected chi connectivity index (χ3v) is 9.72. The van der Waals surface area contributed by atoms with E-state index < -0.39 is 10.8 Å². The minimum atomic E-state index is -0.677. The van der Waals surface area contributed by atoms with Crippen LogP contribution in [0, 0.1) is 0 Å². The number of piperidine rings is 1. The van der Waals surface area contributed by atoms with Crippen molar-refractivity contribution in [2.45, 2.75) is 76.7 Å². The average Bonchev–Trinajstić information content (AvgIpc) is 3.44. The first-order valence-electron chi connectivity index (χ1n) is 16.1. The van der Waals surface area contributed by atoms with Crippen molar-refractivity contribution >= 4 is 23.0 Å². The van der Waals surface area contributed by atoms with Gasteiger partial charge in [0.2, 0.25) is 0 Å². The average molecular weight is 610 g/mol. The number of fused-ring (bicyclic) bond motifs is 1. The number of methoxy groups -OCH3 is 2. The van der Waals surface area contributed by atoms with Crippen LogP contribution in [0.2, 0.25) is 0 Å². The second kappa shape index (κ2) is 13.6. The van der Waals surface area contributed by atoms with Gasteiger partial charge >= 0.3 is 11.9 Å². The van der Waals surface area contributed by atoms with Crippen molar-refractivity contribution < 1.29 is 19.1 Å². The Labute approximate surface area is 267 Å². The van der Waals surface area contributed by atoms with Gasteiger partial charge in [0.15, 0.2) is 0 Å². The van der Waals surface area contributed by atoms with Crippen LogP contribution in [0.1, 0.15) is 74.5 Å². The molecule has 1 fully saturated rings. The Balaban J connectivity index is 1.20. The standard InChI is InChI=1S/C38H47N3O4/c1-37(2,35(42)44-5)30-15-11-27(12-16-30)19-23-40-24-21-29(22-25-40)34-39-32-9-7-8-10-33(32)41(34)26-20-28-13-17-31(18-14-28)38(3,4)36(43)45-6/h7-18,29H,19-26H2,1-6H3. The normalized spacial score (nSPS) is 14.9. The van der Waals surface area contributed by atoms with Crippen molar-refractivity contribution in [2.24, 2.45) is 0 Å². The van der Waals surface area contributed by atoms with Gasteiger partial charge in [0.1, 0.15) is 5.82 Å². The maximum atomic E-state index is 12.3. The molecule has 1 aromatic heterocycles. The van der Waals surface area contributed by atoms with Crippen LogP contribution in [0.3, 0.4) is 0 Å². The zero-order valence-corrected chi connectivity index (χ0v) is 27.6. The number of carbonyl (C=O) groups is 2. The highest BCUT2D eigenvalue weighted by Crippen LogP contribution is 2.31. The fourth-order valence-corrected chi connectivity index (χ4v) is 6.51. The Bertz CT molecular complexity index is 1610. The third-order valence-electron chi connectivity index (χ3n) is 9.72. The SMILES string of the molecule is COC(=O)C(C)(C)c1ccc(CCN2CCC(c3nc4ccccc4n3CCc3ccc(C(C)(C)C(=O)OC)cc3)CC2)cc1. The van der Waals surface area contributed by atoms with Crippen LogP contribution in [0.4, 0.5) is 0 Å². The lowest BCUT2D eigenvalue weighted by molar-refractivity contribution is -0.147. The molecular formula is C38H47N3O4. The minimum Gasteiger partial charge on any atom is -0.468 e. The van der Waals surface area contributed by atoms with Gasteiger partial charge in [0, 0.05) is 19.0 Å². The van der Waals surface area contributed by atoms with Gasteiger partial charge in [-0.1, -0.05) is 60.7 Å². The molecule has 1 aliphatic rings. The lowest BCUT2D eigenvalue weighted by atomic mass is 9.84. The van der Waals surface area contributed by atoms with Crippen LogP contribution < -0.4 is 0 Å². The zero-order chi connectivity index (χ0) is 32.2. The maximum absolute atomic E-state index is 12.3. The predicted molar refractivity (Wildman–Crippen MR) is 179 cm³/mol. The molecule has 1 aliphatic heterocycles. The molecule has 2 heterocycles. The summed E-state index contributed by atoms with van der Waals surface area (Å²) < 4.78 is 12.4. The predicted octanol–water partition coefficient (Wildman–Crippen LogP) is 6.60. The number of rotatable bonds is 11. The Morgan fingerprint density at radius 1 is 0.733 bits per heavy atom. The quantitative estimate of drug-likeness (QED) is 0.178. The molecule has 0 spiro atoms. The summed E-state index contributed by atoms with van der Waals surface area (Å²) in [7, 11) is 2.88. The second-order valence-electron chi connectivity index (χ2n) is 13.4. The molecule has 0 unspecified atom stereocenters. The van der Waals surface area contributed by atoms with Gasteiger partial charge in [-0.05, 0) is 101 Å². The van der Waals surface area contributed by atoms with Crippen molar-refractivity contribution in [3.05, 3.63) is 101 Å². The van der Waals surface area contributed by atoms with Crippen LogP contribution in [0.15, 0.2) is 72.8 Å². The summed E-state index contributed by atoms with van der Waals surface area (Å²) in [5, 5.41) is 0. The largest absolute Gasteiger partial charge is 0.468 e. The molecule has 7 nitrogen and oxygen atoms in total. The number of hydrogen-bond donors (Lipinski definition) is 0. The number of carbonyl (C=O) groups excluding carboxylic acids is 2. The van der Waals surface area contributed by atoms with Crippen molar-refractivity contribution in [3.8, 4) is 0 Å². The number of aryl methyl sites for hydroxylation is 2. The van der Waals surface area contributed by atoms with Crippen molar-refractivity contribution in [2.75, 3.05) is 33.9 Å². The van der Waals surface area contributed by atoms with Gasteiger partial charge < -0.3 is 18.9 Å². The van der Waals surface area contributed by atoms with E-state index in [9.17, 15) is 9.59 Å². The molecule has 45 heavy (non-hydrogen) atoms. The van der Waals surface area contributed by atoms with Gasteiger partial charge in [-0.15, -0.1) is 0 Å².